The van der Waals surface area contributed by atoms with E-state index in [9.17, 15) is 19.8 Å². The second-order valence-corrected chi connectivity index (χ2v) is 10.7. The first-order valence-electron chi connectivity index (χ1n) is 13.5. The van der Waals surface area contributed by atoms with Gasteiger partial charge in [-0.2, -0.15) is 0 Å². The van der Waals surface area contributed by atoms with Crippen LogP contribution in [0, 0.1) is 11.3 Å². The average molecular weight is 518 g/mol. The maximum absolute atomic E-state index is 12.1. The number of carbonyl (C=O) groups is 2. The fourth-order valence-corrected chi connectivity index (χ4v) is 6.04. The molecule has 1 aliphatic rings. The third-order valence-electron chi connectivity index (χ3n) is 8.19. The summed E-state index contributed by atoms with van der Waals surface area (Å²) in [4.78, 5) is 27.3. The number of amides is 1. The summed E-state index contributed by atoms with van der Waals surface area (Å²) in [6.45, 7) is 5.97. The zero-order valence-electron chi connectivity index (χ0n) is 22.1. The maximum atomic E-state index is 12.1. The number of allylic oxidation sites excluding steroid dienone is 1. The third kappa shape index (κ3) is 6.64. The Balaban J connectivity index is 1.43. The van der Waals surface area contributed by atoms with Gasteiger partial charge in [0, 0.05) is 41.9 Å². The standard InChI is InChI=1S/C31H39N3O4/c1-21(35)31(15-12-23-8-4-3-5-9-23)16-13-27(34-22(2)36)24(19-31)14-17-32-29(30(37)38)18-25-20-33-28-11-7-6-10-26(25)28/h3-11,20,24,27,29,32-33,35H,1,12-19H2,2H3,(H,34,36)(H,37,38). The molecule has 3 aromatic rings. The number of nitrogens with one attached hydrogen (secondary N) is 3. The van der Waals surface area contributed by atoms with E-state index in [-0.39, 0.29) is 23.6 Å². The molecule has 1 aromatic heterocycles. The highest BCUT2D eigenvalue weighted by Crippen LogP contribution is 2.47. The molecule has 0 saturated heterocycles. The van der Waals surface area contributed by atoms with Gasteiger partial charge in [-0.05, 0) is 68.2 Å². The second-order valence-electron chi connectivity index (χ2n) is 10.7. The molecule has 7 nitrogen and oxygen atoms in total. The van der Waals surface area contributed by atoms with E-state index in [2.05, 4.69) is 34.3 Å². The average Bonchev–Trinajstić information content (AvgIpc) is 3.31. The Morgan fingerprint density at radius 3 is 2.58 bits per heavy atom. The van der Waals surface area contributed by atoms with E-state index in [0.29, 0.717) is 25.8 Å². The van der Waals surface area contributed by atoms with Crippen LogP contribution in [0.2, 0.25) is 0 Å². The second kappa shape index (κ2) is 12.3. The molecule has 2 aromatic carbocycles. The number of aromatic nitrogens is 1. The Morgan fingerprint density at radius 2 is 1.87 bits per heavy atom. The summed E-state index contributed by atoms with van der Waals surface area (Å²) >= 11 is 0. The zero-order chi connectivity index (χ0) is 27.1. The maximum Gasteiger partial charge on any atom is 0.321 e. The van der Waals surface area contributed by atoms with Crippen LogP contribution >= 0.6 is 0 Å². The fraction of sp³-hybridized carbons (Fsp3) is 0.419. The Labute approximate surface area is 224 Å². The number of aliphatic carboxylic acids is 1. The minimum Gasteiger partial charge on any atom is -0.512 e. The molecular weight excluding hydrogens is 478 g/mol. The number of hydrogen-bond donors (Lipinski definition) is 5. The van der Waals surface area contributed by atoms with Crippen LogP contribution in [0.4, 0.5) is 0 Å². The number of aliphatic hydroxyl groups is 1. The number of benzene rings is 2. The number of fused-ring (bicyclic) bond motifs is 1. The lowest BCUT2D eigenvalue weighted by Gasteiger charge is -2.45. The van der Waals surface area contributed by atoms with Gasteiger partial charge in [0.25, 0.3) is 0 Å². The molecule has 4 unspecified atom stereocenters. The molecule has 0 bridgehead atoms. The third-order valence-corrected chi connectivity index (χ3v) is 8.19. The van der Waals surface area contributed by atoms with Crippen molar-refractivity contribution in [2.24, 2.45) is 11.3 Å². The highest BCUT2D eigenvalue weighted by Gasteiger charge is 2.43. The molecule has 1 saturated carbocycles. The molecule has 4 rings (SSSR count). The van der Waals surface area contributed by atoms with Crippen LogP contribution in [0.15, 0.2) is 73.1 Å². The van der Waals surface area contributed by atoms with Gasteiger partial charge in [-0.15, -0.1) is 0 Å². The summed E-state index contributed by atoms with van der Waals surface area (Å²) in [6.07, 6.45) is 6.74. The van der Waals surface area contributed by atoms with Crippen molar-refractivity contribution in [3.8, 4) is 0 Å². The van der Waals surface area contributed by atoms with Gasteiger partial charge in [-0.3, -0.25) is 9.59 Å². The first kappa shape index (κ1) is 27.5. The highest BCUT2D eigenvalue weighted by atomic mass is 16.4. The van der Waals surface area contributed by atoms with E-state index in [1.807, 2.05) is 48.7 Å². The lowest BCUT2D eigenvalue weighted by Crippen LogP contribution is -2.48. The predicted molar refractivity (Wildman–Crippen MR) is 150 cm³/mol. The van der Waals surface area contributed by atoms with Crippen molar-refractivity contribution in [2.45, 2.75) is 64.0 Å². The number of carboxylic acid groups (broad SMARTS) is 1. The zero-order valence-corrected chi connectivity index (χ0v) is 22.1. The van der Waals surface area contributed by atoms with E-state index < -0.39 is 17.4 Å². The minimum absolute atomic E-state index is 0.0182. The summed E-state index contributed by atoms with van der Waals surface area (Å²) in [5.74, 6) is -0.675. The predicted octanol–water partition coefficient (Wildman–Crippen LogP) is 5.14. The van der Waals surface area contributed by atoms with Crippen molar-refractivity contribution in [3.63, 3.8) is 0 Å². The van der Waals surface area contributed by atoms with E-state index in [1.165, 1.54) is 12.5 Å². The fourth-order valence-electron chi connectivity index (χ4n) is 6.04. The van der Waals surface area contributed by atoms with Crippen molar-refractivity contribution in [2.75, 3.05) is 6.54 Å². The molecule has 0 spiro atoms. The largest absolute Gasteiger partial charge is 0.512 e. The Hall–Kier alpha value is -3.58. The van der Waals surface area contributed by atoms with Crippen molar-refractivity contribution in [1.82, 2.24) is 15.6 Å². The van der Waals surface area contributed by atoms with Crippen LogP contribution < -0.4 is 10.6 Å². The molecule has 1 fully saturated rings. The van der Waals surface area contributed by atoms with Crippen molar-refractivity contribution in [1.29, 1.82) is 0 Å². The lowest BCUT2D eigenvalue weighted by molar-refractivity contribution is -0.139. The van der Waals surface area contributed by atoms with E-state index in [0.717, 1.165) is 42.1 Å². The molecule has 1 heterocycles. The minimum atomic E-state index is -0.890. The summed E-state index contributed by atoms with van der Waals surface area (Å²) < 4.78 is 0. The molecule has 7 heteroatoms. The number of rotatable bonds is 12. The SMILES string of the molecule is C=C(O)C1(CCc2ccccc2)CCC(NC(C)=O)C(CCNC(Cc2c[nH]c3ccccc23)C(=O)O)C1. The summed E-state index contributed by atoms with van der Waals surface area (Å²) in [5, 5.41) is 28.0. The van der Waals surface area contributed by atoms with Gasteiger partial charge in [-0.25, -0.2) is 0 Å². The number of para-hydroxylation sites is 1. The van der Waals surface area contributed by atoms with Gasteiger partial charge in [0.1, 0.15) is 6.04 Å². The van der Waals surface area contributed by atoms with E-state index in [4.69, 9.17) is 0 Å². The molecular formula is C31H39N3O4. The number of carboxylic acids is 1. The molecule has 1 aliphatic carbocycles. The van der Waals surface area contributed by atoms with Crippen LogP contribution in [-0.2, 0) is 22.4 Å². The van der Waals surface area contributed by atoms with Gasteiger partial charge >= 0.3 is 5.97 Å². The van der Waals surface area contributed by atoms with Gasteiger partial charge in [0.05, 0.1) is 5.76 Å². The Morgan fingerprint density at radius 1 is 1.13 bits per heavy atom. The highest BCUT2D eigenvalue weighted by molar-refractivity contribution is 5.84. The summed E-state index contributed by atoms with van der Waals surface area (Å²) in [7, 11) is 0. The summed E-state index contributed by atoms with van der Waals surface area (Å²) in [6, 6.07) is 17.4. The molecule has 0 radical (unpaired) electrons. The van der Waals surface area contributed by atoms with Crippen LogP contribution in [-0.4, -0.2) is 45.7 Å². The Kier molecular flexibility index (Phi) is 8.89. The first-order valence-corrected chi connectivity index (χ1v) is 13.5. The molecule has 4 atom stereocenters. The summed E-state index contributed by atoms with van der Waals surface area (Å²) in [5.41, 5.74) is 2.75. The van der Waals surface area contributed by atoms with Crippen molar-refractivity contribution < 1.29 is 19.8 Å². The quantitative estimate of drug-likeness (QED) is 0.214. The topological polar surface area (TPSA) is 114 Å². The van der Waals surface area contributed by atoms with Gasteiger partial charge in [0.2, 0.25) is 5.91 Å². The van der Waals surface area contributed by atoms with E-state index in [1.54, 1.807) is 0 Å². The molecule has 5 N–H and O–H groups in total. The van der Waals surface area contributed by atoms with Crippen molar-refractivity contribution >= 4 is 22.8 Å². The monoisotopic (exact) mass is 517 g/mol. The number of aryl methyl sites for hydroxylation is 1. The van der Waals surface area contributed by atoms with Crippen molar-refractivity contribution in [3.05, 3.63) is 84.3 Å². The molecule has 38 heavy (non-hydrogen) atoms. The van der Waals surface area contributed by atoms with Crippen LogP contribution in [0.1, 0.15) is 50.2 Å². The van der Waals surface area contributed by atoms with Gasteiger partial charge in [-0.1, -0.05) is 55.1 Å². The van der Waals surface area contributed by atoms with Crippen LogP contribution in [0.5, 0.6) is 0 Å². The number of aromatic amines is 1. The van der Waals surface area contributed by atoms with Gasteiger partial charge < -0.3 is 25.8 Å². The normalized spacial score (nSPS) is 22.1. The van der Waals surface area contributed by atoms with Crippen LogP contribution in [0.25, 0.3) is 10.9 Å². The van der Waals surface area contributed by atoms with Crippen LogP contribution in [0.3, 0.4) is 0 Å². The molecule has 0 aliphatic heterocycles. The molecule has 1 amide bonds. The number of carbonyl (C=O) groups excluding carboxylic acids is 1. The van der Waals surface area contributed by atoms with Gasteiger partial charge in [0.15, 0.2) is 0 Å². The number of aliphatic hydroxyl groups excluding tert-OH is 1. The number of H-pyrrole nitrogens is 1. The van der Waals surface area contributed by atoms with E-state index >= 15 is 0 Å². The Bertz CT molecular complexity index is 1250. The smallest absolute Gasteiger partial charge is 0.321 e. The molecule has 202 valence electrons. The first-order chi connectivity index (χ1) is 18.3. The lowest BCUT2D eigenvalue weighted by atomic mass is 9.63. The number of hydrogen-bond acceptors (Lipinski definition) is 4.